The van der Waals surface area contributed by atoms with Crippen molar-refractivity contribution in [1.29, 1.82) is 0 Å². The summed E-state index contributed by atoms with van der Waals surface area (Å²) >= 11 is 0. The summed E-state index contributed by atoms with van der Waals surface area (Å²) < 4.78 is 4.93. The molecule has 1 unspecified atom stereocenters. The summed E-state index contributed by atoms with van der Waals surface area (Å²) in [6.07, 6.45) is 6.45. The number of likely N-dealkylation sites (tertiary alicyclic amines) is 1. The van der Waals surface area contributed by atoms with Gasteiger partial charge in [0.25, 0.3) is 5.91 Å². The lowest BCUT2D eigenvalue weighted by Crippen LogP contribution is -2.42. The molecule has 2 amide bonds. The summed E-state index contributed by atoms with van der Waals surface area (Å²) in [5, 5.41) is 6.33. The highest BCUT2D eigenvalue weighted by Crippen LogP contribution is 2.49. The Morgan fingerprint density at radius 1 is 1.38 bits per heavy atom. The molecule has 0 aromatic carbocycles. The zero-order chi connectivity index (χ0) is 14.9. The molecule has 1 saturated heterocycles. The standard InChI is InChI=1S/C15H21N3O3/c1-16-13(19)11-2-4-15(10-11)5-8-18(9-6-15)14(20)12-3-7-17-21-12/h3,7,11H,2,4-6,8-10H2,1H3,(H,16,19). The van der Waals surface area contributed by atoms with Crippen LogP contribution < -0.4 is 5.32 Å². The number of aromatic nitrogens is 1. The third-order valence-corrected chi connectivity index (χ3v) is 5.08. The first-order chi connectivity index (χ1) is 10.1. The van der Waals surface area contributed by atoms with E-state index in [1.54, 1.807) is 13.1 Å². The molecule has 1 aliphatic carbocycles. The van der Waals surface area contributed by atoms with Crippen LogP contribution in [-0.4, -0.2) is 42.0 Å². The minimum atomic E-state index is -0.0804. The van der Waals surface area contributed by atoms with Gasteiger partial charge in [0.05, 0.1) is 6.20 Å². The predicted molar refractivity (Wildman–Crippen MR) is 75.5 cm³/mol. The molecule has 1 saturated carbocycles. The Morgan fingerprint density at radius 2 is 2.14 bits per heavy atom. The molecule has 0 radical (unpaired) electrons. The molecule has 114 valence electrons. The number of piperidine rings is 1. The normalized spacial score (nSPS) is 24.2. The average molecular weight is 291 g/mol. The lowest BCUT2D eigenvalue weighted by molar-refractivity contribution is -0.124. The first kappa shape index (κ1) is 14.1. The van der Waals surface area contributed by atoms with Crippen LogP contribution in [0.3, 0.4) is 0 Å². The number of carbonyl (C=O) groups excluding carboxylic acids is 2. The van der Waals surface area contributed by atoms with Crippen molar-refractivity contribution < 1.29 is 14.1 Å². The van der Waals surface area contributed by atoms with Gasteiger partial charge < -0.3 is 14.7 Å². The molecule has 1 spiro atoms. The van der Waals surface area contributed by atoms with E-state index in [1.165, 1.54) is 6.20 Å². The second-order valence-corrected chi connectivity index (χ2v) is 6.22. The van der Waals surface area contributed by atoms with Crippen molar-refractivity contribution in [1.82, 2.24) is 15.4 Å². The van der Waals surface area contributed by atoms with Crippen molar-refractivity contribution in [3.63, 3.8) is 0 Å². The second kappa shape index (κ2) is 5.50. The van der Waals surface area contributed by atoms with Crippen LogP contribution in [0, 0.1) is 11.3 Å². The fourth-order valence-corrected chi connectivity index (χ4v) is 3.76. The van der Waals surface area contributed by atoms with Gasteiger partial charge in [0.2, 0.25) is 11.7 Å². The van der Waals surface area contributed by atoms with Crippen molar-refractivity contribution in [2.45, 2.75) is 32.1 Å². The summed E-state index contributed by atoms with van der Waals surface area (Å²) in [6, 6.07) is 1.60. The summed E-state index contributed by atoms with van der Waals surface area (Å²) in [7, 11) is 1.70. The molecule has 1 aromatic heterocycles. The zero-order valence-electron chi connectivity index (χ0n) is 12.3. The van der Waals surface area contributed by atoms with E-state index < -0.39 is 0 Å². The van der Waals surface area contributed by atoms with Gasteiger partial charge in [-0.15, -0.1) is 0 Å². The van der Waals surface area contributed by atoms with Crippen LogP contribution >= 0.6 is 0 Å². The van der Waals surface area contributed by atoms with E-state index >= 15 is 0 Å². The molecule has 2 aliphatic rings. The van der Waals surface area contributed by atoms with Crippen molar-refractivity contribution in [2.75, 3.05) is 20.1 Å². The first-order valence-electron chi connectivity index (χ1n) is 7.55. The number of amides is 2. The molecule has 1 aromatic rings. The number of rotatable bonds is 2. The van der Waals surface area contributed by atoms with Crippen LogP contribution in [0.25, 0.3) is 0 Å². The first-order valence-corrected chi connectivity index (χ1v) is 7.55. The summed E-state index contributed by atoms with van der Waals surface area (Å²) in [4.78, 5) is 25.8. The predicted octanol–water partition coefficient (Wildman–Crippen LogP) is 1.44. The highest BCUT2D eigenvalue weighted by atomic mass is 16.5. The van der Waals surface area contributed by atoms with E-state index in [9.17, 15) is 9.59 Å². The minimum absolute atomic E-state index is 0.0804. The Morgan fingerprint density at radius 3 is 2.76 bits per heavy atom. The molecule has 3 rings (SSSR count). The fraction of sp³-hybridized carbons (Fsp3) is 0.667. The highest BCUT2D eigenvalue weighted by molar-refractivity contribution is 5.91. The number of nitrogens with zero attached hydrogens (tertiary/aromatic N) is 2. The largest absolute Gasteiger partial charge is 0.359 e. The molecule has 21 heavy (non-hydrogen) atoms. The smallest absolute Gasteiger partial charge is 0.292 e. The molecule has 1 N–H and O–H groups in total. The third-order valence-electron chi connectivity index (χ3n) is 5.08. The SMILES string of the molecule is CNC(=O)C1CCC2(CCN(C(=O)c3ccno3)CC2)C1. The number of hydrogen-bond acceptors (Lipinski definition) is 4. The van der Waals surface area contributed by atoms with E-state index in [2.05, 4.69) is 10.5 Å². The summed E-state index contributed by atoms with van der Waals surface area (Å²) in [5.41, 5.74) is 0.245. The van der Waals surface area contributed by atoms with Gasteiger partial charge in [-0.05, 0) is 37.5 Å². The van der Waals surface area contributed by atoms with Gasteiger partial charge in [-0.25, -0.2) is 0 Å². The molecule has 2 fully saturated rings. The van der Waals surface area contributed by atoms with Gasteiger partial charge in [0, 0.05) is 32.1 Å². The molecule has 1 atom stereocenters. The monoisotopic (exact) mass is 291 g/mol. The van der Waals surface area contributed by atoms with Gasteiger partial charge in [-0.1, -0.05) is 5.16 Å². The van der Waals surface area contributed by atoms with Crippen LogP contribution in [0.4, 0.5) is 0 Å². The van der Waals surface area contributed by atoms with E-state index in [-0.39, 0.29) is 23.1 Å². The third kappa shape index (κ3) is 2.66. The maximum Gasteiger partial charge on any atom is 0.292 e. The van der Waals surface area contributed by atoms with Gasteiger partial charge >= 0.3 is 0 Å². The van der Waals surface area contributed by atoms with E-state index in [0.29, 0.717) is 5.76 Å². The molecule has 2 heterocycles. The quantitative estimate of drug-likeness (QED) is 0.894. The maximum absolute atomic E-state index is 12.2. The number of carbonyl (C=O) groups is 2. The van der Waals surface area contributed by atoms with Gasteiger partial charge in [-0.3, -0.25) is 9.59 Å². The number of hydrogen-bond donors (Lipinski definition) is 1. The molecule has 6 nitrogen and oxygen atoms in total. The fourth-order valence-electron chi connectivity index (χ4n) is 3.76. The zero-order valence-corrected chi connectivity index (χ0v) is 12.3. The van der Waals surface area contributed by atoms with Crippen molar-refractivity contribution in [3.05, 3.63) is 18.0 Å². The lowest BCUT2D eigenvalue weighted by Gasteiger charge is -2.39. The Hall–Kier alpha value is -1.85. The average Bonchev–Trinajstić information content (AvgIpc) is 3.17. The van der Waals surface area contributed by atoms with Crippen molar-refractivity contribution in [2.24, 2.45) is 11.3 Å². The Bertz CT molecular complexity index is 518. The topological polar surface area (TPSA) is 75.4 Å². The molecule has 6 heteroatoms. The van der Waals surface area contributed by atoms with Gasteiger partial charge in [0.15, 0.2) is 0 Å². The molecule has 0 bridgehead atoms. The Balaban J connectivity index is 1.58. The highest BCUT2D eigenvalue weighted by Gasteiger charge is 2.44. The van der Waals surface area contributed by atoms with Gasteiger partial charge in [0.1, 0.15) is 0 Å². The van der Waals surface area contributed by atoms with Crippen LogP contribution in [0.5, 0.6) is 0 Å². The van der Waals surface area contributed by atoms with E-state index in [1.807, 2.05) is 4.90 Å². The van der Waals surface area contributed by atoms with Crippen LogP contribution in [-0.2, 0) is 4.79 Å². The van der Waals surface area contributed by atoms with Crippen LogP contribution in [0.1, 0.15) is 42.7 Å². The Kier molecular flexibility index (Phi) is 3.69. The van der Waals surface area contributed by atoms with Gasteiger partial charge in [-0.2, -0.15) is 0 Å². The summed E-state index contributed by atoms with van der Waals surface area (Å²) in [5.74, 6) is 0.530. The summed E-state index contributed by atoms with van der Waals surface area (Å²) in [6.45, 7) is 1.47. The van der Waals surface area contributed by atoms with Crippen LogP contribution in [0.2, 0.25) is 0 Å². The van der Waals surface area contributed by atoms with E-state index in [0.717, 1.165) is 45.2 Å². The second-order valence-electron chi connectivity index (χ2n) is 6.22. The number of nitrogens with one attached hydrogen (secondary N) is 1. The molecular formula is C15H21N3O3. The van der Waals surface area contributed by atoms with E-state index in [4.69, 9.17) is 4.52 Å². The maximum atomic E-state index is 12.2. The van der Waals surface area contributed by atoms with Crippen molar-refractivity contribution in [3.8, 4) is 0 Å². The molecular weight excluding hydrogens is 270 g/mol. The van der Waals surface area contributed by atoms with Crippen LogP contribution in [0.15, 0.2) is 16.8 Å². The lowest BCUT2D eigenvalue weighted by atomic mass is 9.76. The van der Waals surface area contributed by atoms with Crippen molar-refractivity contribution >= 4 is 11.8 Å². The molecule has 1 aliphatic heterocycles. The Labute approximate surface area is 123 Å². The minimum Gasteiger partial charge on any atom is -0.359 e.